The topological polar surface area (TPSA) is 67.5 Å². The Morgan fingerprint density at radius 1 is 0.735 bits per heavy atom. The smallest absolute Gasteiger partial charge is 0.423 e. The molecule has 6 heteroatoms. The van der Waals surface area contributed by atoms with Gasteiger partial charge in [-0.05, 0) is 44.4 Å². The van der Waals surface area contributed by atoms with Gasteiger partial charge < -0.3 is 14.8 Å². The van der Waals surface area contributed by atoms with Gasteiger partial charge in [-0.1, -0.05) is 91.0 Å². The molecule has 0 spiro atoms. The molecular formula is C28H31BN2O3. The zero-order valence-electron chi connectivity index (χ0n) is 20.1. The van der Waals surface area contributed by atoms with Crippen LogP contribution in [0.2, 0.25) is 0 Å². The maximum atomic E-state index is 10.9. The number of hydrogen-bond donors (Lipinski definition) is 2. The van der Waals surface area contributed by atoms with Crippen molar-refractivity contribution in [1.82, 2.24) is 9.78 Å². The standard InChI is InChI=1S/C28H31BN2O3/c1-26(2,32)27(3,4)34-29(33)25-20-30-31(21-25)28(22-14-8-5-9-15-22,23-16-10-6-11-17-23)24-18-12-7-13-19-24/h5-21,32-33H,1-4H3. The maximum absolute atomic E-state index is 10.9. The van der Waals surface area contributed by atoms with Gasteiger partial charge in [-0.2, -0.15) is 5.10 Å². The van der Waals surface area contributed by atoms with E-state index in [1.54, 1.807) is 33.9 Å². The van der Waals surface area contributed by atoms with Crippen molar-refractivity contribution in [2.24, 2.45) is 0 Å². The molecule has 0 aliphatic carbocycles. The molecule has 0 saturated carbocycles. The summed E-state index contributed by atoms with van der Waals surface area (Å²) in [6.07, 6.45) is 3.44. The molecule has 4 rings (SSSR count). The summed E-state index contributed by atoms with van der Waals surface area (Å²) in [5, 5.41) is 26.1. The third kappa shape index (κ3) is 4.32. The highest BCUT2D eigenvalue weighted by molar-refractivity contribution is 6.59. The van der Waals surface area contributed by atoms with Crippen LogP contribution in [0.4, 0.5) is 0 Å². The van der Waals surface area contributed by atoms with Gasteiger partial charge in [-0.15, -0.1) is 0 Å². The van der Waals surface area contributed by atoms with Gasteiger partial charge in [-0.3, -0.25) is 4.68 Å². The molecule has 0 atom stereocenters. The first-order chi connectivity index (χ1) is 16.2. The Morgan fingerprint density at radius 2 is 1.15 bits per heavy atom. The highest BCUT2D eigenvalue weighted by Gasteiger charge is 2.42. The first-order valence-corrected chi connectivity index (χ1v) is 11.5. The van der Waals surface area contributed by atoms with E-state index in [1.807, 2.05) is 65.5 Å². The lowest BCUT2D eigenvalue weighted by atomic mass is 9.76. The van der Waals surface area contributed by atoms with E-state index in [4.69, 9.17) is 9.75 Å². The highest BCUT2D eigenvalue weighted by atomic mass is 16.5. The molecule has 174 valence electrons. The first-order valence-electron chi connectivity index (χ1n) is 11.5. The van der Waals surface area contributed by atoms with Crippen molar-refractivity contribution in [3.63, 3.8) is 0 Å². The number of benzene rings is 3. The van der Waals surface area contributed by atoms with Crippen LogP contribution in [-0.2, 0) is 10.2 Å². The van der Waals surface area contributed by atoms with E-state index in [2.05, 4.69) is 36.4 Å². The quantitative estimate of drug-likeness (QED) is 0.312. The van der Waals surface area contributed by atoms with E-state index in [-0.39, 0.29) is 0 Å². The monoisotopic (exact) mass is 454 g/mol. The molecule has 0 aliphatic rings. The average molecular weight is 454 g/mol. The fourth-order valence-corrected chi connectivity index (χ4v) is 4.07. The van der Waals surface area contributed by atoms with Gasteiger partial charge in [0.1, 0.15) is 5.54 Å². The number of hydrogen-bond acceptors (Lipinski definition) is 4. The van der Waals surface area contributed by atoms with E-state index in [0.29, 0.717) is 5.46 Å². The number of aromatic nitrogens is 2. The lowest BCUT2D eigenvalue weighted by Gasteiger charge is -2.38. The third-order valence-electron chi connectivity index (χ3n) is 6.69. The van der Waals surface area contributed by atoms with Crippen LogP contribution in [0.15, 0.2) is 103 Å². The van der Waals surface area contributed by atoms with Crippen molar-refractivity contribution in [2.45, 2.75) is 44.4 Å². The van der Waals surface area contributed by atoms with Crippen LogP contribution < -0.4 is 5.46 Å². The molecule has 0 unspecified atom stereocenters. The van der Waals surface area contributed by atoms with Crippen molar-refractivity contribution >= 4 is 12.6 Å². The second kappa shape index (κ2) is 9.22. The van der Waals surface area contributed by atoms with E-state index in [0.717, 1.165) is 16.7 Å². The fraction of sp³-hybridized carbons (Fsp3) is 0.250. The second-order valence-corrected chi connectivity index (χ2v) is 9.57. The largest absolute Gasteiger partial charge is 0.494 e. The molecule has 1 heterocycles. The minimum Gasteiger partial charge on any atom is -0.423 e. The van der Waals surface area contributed by atoms with Gasteiger partial charge in [0, 0.05) is 17.9 Å². The van der Waals surface area contributed by atoms with Gasteiger partial charge in [0.15, 0.2) is 0 Å². The van der Waals surface area contributed by atoms with E-state index >= 15 is 0 Å². The van der Waals surface area contributed by atoms with E-state index in [1.165, 1.54) is 0 Å². The minimum atomic E-state index is -1.25. The molecule has 1 aromatic heterocycles. The Labute approximate surface area is 201 Å². The van der Waals surface area contributed by atoms with Crippen LogP contribution in [0.3, 0.4) is 0 Å². The summed E-state index contributed by atoms with van der Waals surface area (Å²) in [6.45, 7) is 6.83. The van der Waals surface area contributed by atoms with Crippen molar-refractivity contribution in [2.75, 3.05) is 0 Å². The van der Waals surface area contributed by atoms with Crippen molar-refractivity contribution in [1.29, 1.82) is 0 Å². The predicted molar refractivity (Wildman–Crippen MR) is 136 cm³/mol. The SMILES string of the molecule is CC(C)(O)C(C)(C)OB(O)c1cnn(C(c2ccccc2)(c2ccccc2)c2ccccc2)c1. The van der Waals surface area contributed by atoms with Crippen molar-refractivity contribution in [3.05, 3.63) is 120 Å². The summed E-state index contributed by atoms with van der Waals surface area (Å²) in [4.78, 5) is 0. The summed E-state index contributed by atoms with van der Waals surface area (Å²) in [5.74, 6) is 0. The van der Waals surface area contributed by atoms with Crippen LogP contribution in [0, 0.1) is 0 Å². The molecule has 0 saturated heterocycles. The molecule has 0 aliphatic heterocycles. The molecule has 0 bridgehead atoms. The summed E-state index contributed by atoms with van der Waals surface area (Å²) < 4.78 is 7.76. The summed E-state index contributed by atoms with van der Waals surface area (Å²) >= 11 is 0. The van der Waals surface area contributed by atoms with Gasteiger partial charge in [0.25, 0.3) is 0 Å². The molecule has 2 N–H and O–H groups in total. The molecule has 0 radical (unpaired) electrons. The number of rotatable bonds is 8. The van der Waals surface area contributed by atoms with Crippen LogP contribution in [0.1, 0.15) is 44.4 Å². The van der Waals surface area contributed by atoms with Gasteiger partial charge in [0.2, 0.25) is 0 Å². The van der Waals surface area contributed by atoms with Crippen LogP contribution in [-0.4, -0.2) is 38.2 Å². The van der Waals surface area contributed by atoms with Crippen molar-refractivity contribution in [3.8, 4) is 0 Å². The lowest BCUT2D eigenvalue weighted by Crippen LogP contribution is -2.53. The molecule has 5 nitrogen and oxygen atoms in total. The Hall–Kier alpha value is -3.19. The fourth-order valence-electron chi connectivity index (χ4n) is 4.07. The highest BCUT2D eigenvalue weighted by Crippen LogP contribution is 2.40. The molecular weight excluding hydrogens is 423 g/mol. The predicted octanol–water partition coefficient (Wildman–Crippen LogP) is 3.98. The van der Waals surface area contributed by atoms with Crippen LogP contribution in [0.25, 0.3) is 0 Å². The van der Waals surface area contributed by atoms with Crippen molar-refractivity contribution < 1.29 is 14.8 Å². The number of nitrogens with zero attached hydrogens (tertiary/aromatic N) is 2. The molecule has 0 fully saturated rings. The first kappa shape index (κ1) is 24.0. The normalized spacial score (nSPS) is 12.5. The van der Waals surface area contributed by atoms with Crippen LogP contribution in [0.5, 0.6) is 0 Å². The minimum absolute atomic E-state index is 0.504. The Morgan fingerprint density at radius 3 is 1.53 bits per heavy atom. The summed E-state index contributed by atoms with van der Waals surface area (Å²) in [7, 11) is -1.25. The molecule has 3 aromatic carbocycles. The molecule has 4 aromatic rings. The van der Waals surface area contributed by atoms with E-state index < -0.39 is 23.9 Å². The Kier molecular flexibility index (Phi) is 6.50. The van der Waals surface area contributed by atoms with Gasteiger partial charge in [-0.25, -0.2) is 0 Å². The number of aliphatic hydroxyl groups is 1. The zero-order valence-corrected chi connectivity index (χ0v) is 20.1. The summed E-state index contributed by atoms with van der Waals surface area (Å²) in [5.41, 5.74) is 0.714. The van der Waals surface area contributed by atoms with Gasteiger partial charge >= 0.3 is 7.12 Å². The lowest BCUT2D eigenvalue weighted by molar-refractivity contribution is -0.0982. The third-order valence-corrected chi connectivity index (χ3v) is 6.69. The van der Waals surface area contributed by atoms with Gasteiger partial charge in [0.05, 0.1) is 11.2 Å². The average Bonchev–Trinajstić information content (AvgIpc) is 3.32. The maximum Gasteiger partial charge on any atom is 0.494 e. The Balaban J connectivity index is 1.89. The van der Waals surface area contributed by atoms with E-state index in [9.17, 15) is 10.1 Å². The molecule has 34 heavy (non-hydrogen) atoms. The summed E-state index contributed by atoms with van der Waals surface area (Å²) in [6, 6.07) is 30.6. The van der Waals surface area contributed by atoms with Crippen LogP contribution >= 0.6 is 0 Å². The Bertz CT molecular complexity index is 1110. The zero-order chi connectivity index (χ0) is 24.4. The molecule has 0 amide bonds. The second-order valence-electron chi connectivity index (χ2n) is 9.57.